The summed E-state index contributed by atoms with van der Waals surface area (Å²) in [6, 6.07) is 8.39. The van der Waals surface area contributed by atoms with Crippen molar-refractivity contribution in [2.75, 3.05) is 19.1 Å². The van der Waals surface area contributed by atoms with Crippen LogP contribution in [0.4, 0.5) is 0 Å². The second kappa shape index (κ2) is 5.52. The van der Waals surface area contributed by atoms with Gasteiger partial charge in [0, 0.05) is 32.6 Å². The van der Waals surface area contributed by atoms with Crippen molar-refractivity contribution in [3.05, 3.63) is 46.8 Å². The molecule has 0 radical (unpaired) electrons. The minimum Gasteiger partial charge on any atom is -0.506 e. The molecule has 0 saturated heterocycles. The fourth-order valence-electron chi connectivity index (χ4n) is 3.17. The lowest BCUT2D eigenvalue weighted by Gasteiger charge is -2.18. The van der Waals surface area contributed by atoms with E-state index >= 15 is 0 Å². The largest absolute Gasteiger partial charge is 0.506 e. The molecule has 0 atom stereocenters. The lowest BCUT2D eigenvalue weighted by molar-refractivity contribution is -0.131. The molecular weight excluding hydrogens is 336 g/mol. The van der Waals surface area contributed by atoms with Crippen molar-refractivity contribution >= 4 is 38.8 Å². The average molecular weight is 352 g/mol. The molecule has 4 aromatic rings. The molecule has 2 aromatic carbocycles. The van der Waals surface area contributed by atoms with Crippen molar-refractivity contribution in [1.29, 1.82) is 0 Å². The van der Waals surface area contributed by atoms with Crippen molar-refractivity contribution in [2.24, 2.45) is 0 Å². The van der Waals surface area contributed by atoms with E-state index in [0.29, 0.717) is 21.9 Å². The summed E-state index contributed by atoms with van der Waals surface area (Å²) < 4.78 is 13.0. The molecule has 0 aliphatic rings. The molecule has 0 spiro atoms. The lowest BCUT2D eigenvalue weighted by Crippen LogP contribution is -2.24. The van der Waals surface area contributed by atoms with Gasteiger partial charge in [-0.1, -0.05) is 12.1 Å². The molecule has 26 heavy (non-hydrogen) atoms. The average Bonchev–Trinajstić information content (AvgIpc) is 3.04. The van der Waals surface area contributed by atoms with Crippen LogP contribution < -0.4 is 15.2 Å². The number of esters is 1. The van der Waals surface area contributed by atoms with Crippen LogP contribution in [0.3, 0.4) is 0 Å². The minimum atomic E-state index is -0.555. The molecule has 2 heterocycles. The molecule has 0 bridgehead atoms. The van der Waals surface area contributed by atoms with E-state index in [1.54, 1.807) is 60.3 Å². The van der Waals surface area contributed by atoms with Crippen LogP contribution in [-0.2, 0) is 4.79 Å². The number of benzene rings is 2. The predicted octanol–water partition coefficient (Wildman–Crippen LogP) is 2.73. The summed E-state index contributed by atoms with van der Waals surface area (Å²) in [7, 11) is 3.60. The number of rotatable bonds is 2. The smallest absolute Gasteiger partial charge is 0.308 e. The van der Waals surface area contributed by atoms with Crippen molar-refractivity contribution in [3.63, 3.8) is 0 Å². The minimum absolute atomic E-state index is 0.0102. The summed E-state index contributed by atoms with van der Waals surface area (Å²) >= 11 is 0. The maximum atomic E-state index is 13.0. The number of carbonyl (C=O) groups excluding carboxylic acids is 1. The van der Waals surface area contributed by atoms with Crippen LogP contribution in [0.5, 0.6) is 11.5 Å². The second-order valence-corrected chi connectivity index (χ2v) is 6.17. The zero-order chi connectivity index (χ0) is 18.6. The van der Waals surface area contributed by atoms with E-state index < -0.39 is 5.97 Å². The summed E-state index contributed by atoms with van der Waals surface area (Å²) in [6.07, 6.45) is 1.71. The highest BCUT2D eigenvalue weighted by atomic mass is 16.5. The number of nitrogens with zero attached hydrogens (tertiary/aromatic N) is 2. The van der Waals surface area contributed by atoms with E-state index in [4.69, 9.17) is 9.15 Å². The summed E-state index contributed by atoms with van der Waals surface area (Å²) in [5.74, 6) is -0.659. The number of aromatic nitrogens is 1. The van der Waals surface area contributed by atoms with E-state index in [1.165, 1.54) is 6.92 Å². The van der Waals surface area contributed by atoms with Gasteiger partial charge in [0.2, 0.25) is 11.2 Å². The van der Waals surface area contributed by atoms with E-state index in [-0.39, 0.29) is 27.9 Å². The van der Waals surface area contributed by atoms with Crippen molar-refractivity contribution < 1.29 is 19.1 Å². The first-order chi connectivity index (χ1) is 12.4. The number of carbonyl (C=O) groups is 1. The molecule has 0 aliphatic heterocycles. The second-order valence-electron chi connectivity index (χ2n) is 6.17. The molecule has 0 amide bonds. The van der Waals surface area contributed by atoms with E-state index in [2.05, 4.69) is 0 Å². The van der Waals surface area contributed by atoms with Gasteiger partial charge >= 0.3 is 5.97 Å². The highest BCUT2D eigenvalue weighted by molar-refractivity contribution is 6.10. The van der Waals surface area contributed by atoms with Crippen LogP contribution in [0.15, 0.2) is 45.7 Å². The number of ether oxygens (including phenoxy) is 1. The first kappa shape index (κ1) is 16.0. The topological polar surface area (TPSA) is 84.9 Å². The van der Waals surface area contributed by atoms with Gasteiger partial charge in [-0.3, -0.25) is 14.3 Å². The first-order valence-electron chi connectivity index (χ1n) is 7.97. The maximum absolute atomic E-state index is 13.0. The Balaban J connectivity index is 2.31. The van der Waals surface area contributed by atoms with E-state index in [1.807, 2.05) is 0 Å². The van der Waals surface area contributed by atoms with Crippen molar-refractivity contribution in [3.8, 4) is 11.5 Å². The van der Waals surface area contributed by atoms with Gasteiger partial charge in [0.15, 0.2) is 5.58 Å². The number of hydrogen-bond donors (Lipinski definition) is 1. The number of hydrogen-bond acceptors (Lipinski definition) is 6. The standard InChI is InChI=1S/C19H16N2O5/c1-10(22)25-19-15-12(8-9-21(15)20(2)3)17(24)14-16(23)11-6-4-5-7-13(11)26-18(14)19/h4-9,24H,1-3H3. The van der Waals surface area contributed by atoms with Gasteiger partial charge in [-0.25, -0.2) is 0 Å². The van der Waals surface area contributed by atoms with Crippen molar-refractivity contribution in [2.45, 2.75) is 6.92 Å². The molecule has 1 N–H and O–H groups in total. The fourth-order valence-corrected chi connectivity index (χ4v) is 3.17. The van der Waals surface area contributed by atoms with Gasteiger partial charge in [0.25, 0.3) is 0 Å². The van der Waals surface area contributed by atoms with Crippen LogP contribution in [0.25, 0.3) is 32.8 Å². The van der Waals surface area contributed by atoms with Gasteiger partial charge in [-0.05, 0) is 18.2 Å². The number of phenols is 1. The highest BCUT2D eigenvalue weighted by Crippen LogP contribution is 2.42. The Morgan fingerprint density at radius 2 is 1.92 bits per heavy atom. The number of phenolic OH excluding ortho intramolecular Hbond substituents is 1. The molecule has 4 rings (SSSR count). The molecule has 132 valence electrons. The number of aromatic hydroxyl groups is 1. The zero-order valence-corrected chi connectivity index (χ0v) is 14.4. The molecule has 0 aliphatic carbocycles. The molecule has 2 aromatic heterocycles. The molecule has 7 heteroatoms. The Morgan fingerprint density at radius 1 is 1.19 bits per heavy atom. The zero-order valence-electron chi connectivity index (χ0n) is 14.4. The Kier molecular flexibility index (Phi) is 3.40. The number of para-hydroxylation sites is 1. The third-order valence-corrected chi connectivity index (χ3v) is 4.25. The third kappa shape index (κ3) is 2.13. The molecular formula is C19H16N2O5. The normalized spacial score (nSPS) is 11.3. The number of fused-ring (bicyclic) bond motifs is 3. The quantitative estimate of drug-likeness (QED) is 0.339. The van der Waals surface area contributed by atoms with Crippen molar-refractivity contribution in [1.82, 2.24) is 4.68 Å². The molecule has 0 fully saturated rings. The Morgan fingerprint density at radius 3 is 2.62 bits per heavy atom. The van der Waals surface area contributed by atoms with Crippen LogP contribution in [0, 0.1) is 0 Å². The highest BCUT2D eigenvalue weighted by Gasteiger charge is 2.25. The summed E-state index contributed by atoms with van der Waals surface area (Å²) in [5, 5.41) is 13.2. The lowest BCUT2D eigenvalue weighted by atomic mass is 10.1. The van der Waals surface area contributed by atoms with Gasteiger partial charge in [-0.15, -0.1) is 0 Å². The predicted molar refractivity (Wildman–Crippen MR) is 98.5 cm³/mol. The van der Waals surface area contributed by atoms with E-state index in [9.17, 15) is 14.7 Å². The van der Waals surface area contributed by atoms with Crippen LogP contribution in [-0.4, -0.2) is 29.8 Å². The molecule has 7 nitrogen and oxygen atoms in total. The van der Waals surface area contributed by atoms with Crippen LogP contribution in [0.1, 0.15) is 6.92 Å². The Hall–Kier alpha value is -3.48. The van der Waals surface area contributed by atoms with Gasteiger partial charge < -0.3 is 19.3 Å². The van der Waals surface area contributed by atoms with Crippen LogP contribution >= 0.6 is 0 Å². The summed E-state index contributed by atoms with van der Waals surface area (Å²) in [6.45, 7) is 1.27. The van der Waals surface area contributed by atoms with Gasteiger partial charge in [0.1, 0.15) is 22.2 Å². The summed E-state index contributed by atoms with van der Waals surface area (Å²) in [4.78, 5) is 24.7. The SMILES string of the molecule is CC(=O)Oc1c2oc3ccccc3c(=O)c2c(O)c2ccn(N(C)C)c12. The maximum Gasteiger partial charge on any atom is 0.308 e. The Labute approximate surface area is 147 Å². The van der Waals surface area contributed by atoms with Crippen LogP contribution in [0.2, 0.25) is 0 Å². The summed E-state index contributed by atoms with van der Waals surface area (Å²) in [5.41, 5.74) is 0.441. The third-order valence-electron chi connectivity index (χ3n) is 4.25. The molecule has 0 unspecified atom stereocenters. The first-order valence-corrected chi connectivity index (χ1v) is 7.97. The molecule has 0 saturated carbocycles. The van der Waals surface area contributed by atoms with Gasteiger partial charge in [-0.2, -0.15) is 0 Å². The Bertz CT molecular complexity index is 1250. The fraction of sp³-hybridized carbons (Fsp3) is 0.158. The van der Waals surface area contributed by atoms with Gasteiger partial charge in [0.05, 0.1) is 5.39 Å². The monoisotopic (exact) mass is 352 g/mol. The van der Waals surface area contributed by atoms with E-state index in [0.717, 1.165) is 0 Å².